The van der Waals surface area contributed by atoms with Crippen molar-refractivity contribution in [3.05, 3.63) is 30.9 Å². The van der Waals surface area contributed by atoms with E-state index in [1.54, 1.807) is 18.6 Å². The van der Waals surface area contributed by atoms with Crippen LogP contribution < -0.4 is 5.73 Å². The van der Waals surface area contributed by atoms with E-state index in [9.17, 15) is 0 Å². The number of aryl methyl sites for hydroxylation is 1. The SMILES string of the molecule is N#CCCCn1cnc(-c2ccc(N)nc2)c1. The van der Waals surface area contributed by atoms with Crippen LogP contribution in [0.5, 0.6) is 0 Å². The number of nitrogen functional groups attached to an aromatic ring is 1. The van der Waals surface area contributed by atoms with Gasteiger partial charge < -0.3 is 10.3 Å². The molecule has 0 unspecified atom stereocenters. The quantitative estimate of drug-likeness (QED) is 0.808. The number of pyridine rings is 1. The highest BCUT2D eigenvalue weighted by atomic mass is 15.0. The third-order valence-corrected chi connectivity index (χ3v) is 2.42. The molecule has 0 atom stereocenters. The van der Waals surface area contributed by atoms with Crippen molar-refractivity contribution in [1.29, 1.82) is 5.26 Å². The largest absolute Gasteiger partial charge is 0.384 e. The highest BCUT2D eigenvalue weighted by Crippen LogP contribution is 2.16. The van der Waals surface area contributed by atoms with Crippen molar-refractivity contribution in [3.8, 4) is 17.3 Å². The summed E-state index contributed by atoms with van der Waals surface area (Å²) in [5.41, 5.74) is 7.34. The van der Waals surface area contributed by atoms with Crippen LogP contribution in [-0.2, 0) is 6.54 Å². The molecule has 0 amide bonds. The second-order valence-electron chi connectivity index (χ2n) is 3.73. The minimum atomic E-state index is 0.502. The van der Waals surface area contributed by atoms with Crippen molar-refractivity contribution < 1.29 is 0 Å². The molecule has 2 aromatic heterocycles. The fourth-order valence-corrected chi connectivity index (χ4v) is 1.53. The maximum atomic E-state index is 8.46. The van der Waals surface area contributed by atoms with Gasteiger partial charge in [-0.2, -0.15) is 5.26 Å². The number of rotatable bonds is 4. The average molecular weight is 227 g/mol. The van der Waals surface area contributed by atoms with E-state index in [1.807, 2.05) is 16.8 Å². The third kappa shape index (κ3) is 2.82. The summed E-state index contributed by atoms with van der Waals surface area (Å²) in [6.07, 6.45) is 6.83. The summed E-state index contributed by atoms with van der Waals surface area (Å²) < 4.78 is 1.98. The lowest BCUT2D eigenvalue weighted by molar-refractivity contribution is 0.653. The molecule has 2 N–H and O–H groups in total. The lowest BCUT2D eigenvalue weighted by Crippen LogP contribution is -1.93. The van der Waals surface area contributed by atoms with Crippen LogP contribution in [0.3, 0.4) is 0 Å². The number of aromatic nitrogens is 3. The van der Waals surface area contributed by atoms with Crippen LogP contribution in [0.1, 0.15) is 12.8 Å². The molecule has 2 heterocycles. The van der Waals surface area contributed by atoms with Crippen molar-refractivity contribution in [1.82, 2.24) is 14.5 Å². The van der Waals surface area contributed by atoms with E-state index in [-0.39, 0.29) is 0 Å². The van der Waals surface area contributed by atoms with Gasteiger partial charge >= 0.3 is 0 Å². The summed E-state index contributed by atoms with van der Waals surface area (Å²) in [6.45, 7) is 0.808. The molecular weight excluding hydrogens is 214 g/mol. The number of anilines is 1. The second kappa shape index (κ2) is 5.12. The van der Waals surface area contributed by atoms with E-state index in [4.69, 9.17) is 11.0 Å². The first-order chi connectivity index (χ1) is 8.29. The van der Waals surface area contributed by atoms with E-state index in [2.05, 4.69) is 16.0 Å². The van der Waals surface area contributed by atoms with Gasteiger partial charge in [0.2, 0.25) is 0 Å². The summed E-state index contributed by atoms with van der Waals surface area (Å²) in [7, 11) is 0. The Balaban J connectivity index is 2.08. The fourth-order valence-electron chi connectivity index (χ4n) is 1.53. The molecule has 0 aliphatic heterocycles. The molecule has 0 saturated heterocycles. The van der Waals surface area contributed by atoms with Crippen LogP contribution in [0.15, 0.2) is 30.9 Å². The smallest absolute Gasteiger partial charge is 0.123 e. The number of unbranched alkanes of at least 4 members (excludes halogenated alkanes) is 1. The number of nitriles is 1. The Kier molecular flexibility index (Phi) is 3.36. The van der Waals surface area contributed by atoms with Gasteiger partial charge in [-0.3, -0.25) is 0 Å². The first kappa shape index (κ1) is 11.1. The molecule has 0 radical (unpaired) electrons. The number of imidazole rings is 1. The molecule has 5 heteroatoms. The van der Waals surface area contributed by atoms with Gasteiger partial charge in [-0.1, -0.05) is 0 Å². The van der Waals surface area contributed by atoms with Crippen molar-refractivity contribution in [2.75, 3.05) is 5.73 Å². The van der Waals surface area contributed by atoms with E-state index < -0.39 is 0 Å². The molecule has 5 nitrogen and oxygen atoms in total. The molecule has 86 valence electrons. The summed E-state index contributed by atoms with van der Waals surface area (Å²) in [5, 5.41) is 8.46. The molecule has 2 aromatic rings. The minimum absolute atomic E-state index is 0.502. The van der Waals surface area contributed by atoms with Crippen LogP contribution in [-0.4, -0.2) is 14.5 Å². The lowest BCUT2D eigenvalue weighted by atomic mass is 10.2. The minimum Gasteiger partial charge on any atom is -0.384 e. The van der Waals surface area contributed by atoms with Gasteiger partial charge in [-0.25, -0.2) is 9.97 Å². The van der Waals surface area contributed by atoms with Crippen molar-refractivity contribution >= 4 is 5.82 Å². The molecular formula is C12H13N5. The first-order valence-electron chi connectivity index (χ1n) is 5.40. The Morgan fingerprint density at radius 2 is 2.24 bits per heavy atom. The Bertz CT molecular complexity index is 521. The number of hydrogen-bond donors (Lipinski definition) is 1. The molecule has 0 spiro atoms. The Morgan fingerprint density at radius 3 is 2.94 bits per heavy atom. The van der Waals surface area contributed by atoms with Crippen LogP contribution >= 0.6 is 0 Å². The van der Waals surface area contributed by atoms with Crippen molar-refractivity contribution in [2.45, 2.75) is 19.4 Å². The summed E-state index contributed by atoms with van der Waals surface area (Å²) in [4.78, 5) is 8.32. The topological polar surface area (TPSA) is 80.5 Å². The number of nitrogens with zero attached hydrogens (tertiary/aromatic N) is 4. The highest BCUT2D eigenvalue weighted by molar-refractivity contribution is 5.58. The molecule has 0 aliphatic carbocycles. The molecule has 0 aliphatic rings. The van der Waals surface area contributed by atoms with Crippen molar-refractivity contribution in [3.63, 3.8) is 0 Å². The Hall–Kier alpha value is -2.35. The maximum absolute atomic E-state index is 8.46. The van der Waals surface area contributed by atoms with Crippen LogP contribution in [0.4, 0.5) is 5.82 Å². The van der Waals surface area contributed by atoms with Crippen LogP contribution in [0, 0.1) is 11.3 Å². The van der Waals surface area contributed by atoms with Crippen LogP contribution in [0.25, 0.3) is 11.3 Å². The lowest BCUT2D eigenvalue weighted by Gasteiger charge is -1.98. The zero-order valence-corrected chi connectivity index (χ0v) is 9.37. The van der Waals surface area contributed by atoms with Gasteiger partial charge in [0.25, 0.3) is 0 Å². The number of hydrogen-bond acceptors (Lipinski definition) is 4. The zero-order chi connectivity index (χ0) is 12.1. The average Bonchev–Trinajstić information content (AvgIpc) is 2.79. The van der Waals surface area contributed by atoms with E-state index in [1.165, 1.54) is 0 Å². The predicted octanol–water partition coefficient (Wildman–Crippen LogP) is 1.83. The second-order valence-corrected chi connectivity index (χ2v) is 3.73. The molecule has 0 fully saturated rings. The van der Waals surface area contributed by atoms with E-state index in [0.29, 0.717) is 12.2 Å². The van der Waals surface area contributed by atoms with Gasteiger partial charge in [-0.05, 0) is 18.6 Å². The van der Waals surface area contributed by atoms with Gasteiger partial charge in [0.1, 0.15) is 5.82 Å². The Labute approximate surface area is 99.5 Å². The summed E-state index contributed by atoms with van der Waals surface area (Å²) in [6, 6.07) is 5.77. The van der Waals surface area contributed by atoms with Gasteiger partial charge in [-0.15, -0.1) is 0 Å². The molecule has 0 bridgehead atoms. The molecule has 2 rings (SSSR count). The maximum Gasteiger partial charge on any atom is 0.123 e. The van der Waals surface area contributed by atoms with Gasteiger partial charge in [0, 0.05) is 30.9 Å². The summed E-state index contributed by atoms with van der Waals surface area (Å²) >= 11 is 0. The molecule has 17 heavy (non-hydrogen) atoms. The van der Waals surface area contributed by atoms with Crippen LogP contribution in [0.2, 0.25) is 0 Å². The third-order valence-electron chi connectivity index (χ3n) is 2.42. The Morgan fingerprint density at radius 1 is 1.35 bits per heavy atom. The zero-order valence-electron chi connectivity index (χ0n) is 9.37. The van der Waals surface area contributed by atoms with Gasteiger partial charge in [0.15, 0.2) is 0 Å². The normalized spacial score (nSPS) is 10.1. The van der Waals surface area contributed by atoms with E-state index in [0.717, 1.165) is 24.2 Å². The fraction of sp³-hybridized carbons (Fsp3) is 0.250. The standard InChI is InChI=1S/C12H13N5/c13-5-1-2-6-17-8-11(16-9-17)10-3-4-12(14)15-7-10/h3-4,7-9H,1-2,6H2,(H2,14,15). The molecule has 0 aromatic carbocycles. The molecule has 0 saturated carbocycles. The highest BCUT2D eigenvalue weighted by Gasteiger charge is 2.02. The predicted molar refractivity (Wildman–Crippen MR) is 64.7 cm³/mol. The van der Waals surface area contributed by atoms with Crippen molar-refractivity contribution in [2.24, 2.45) is 0 Å². The first-order valence-corrected chi connectivity index (χ1v) is 5.40. The van der Waals surface area contributed by atoms with E-state index >= 15 is 0 Å². The number of nitrogens with two attached hydrogens (primary N) is 1. The van der Waals surface area contributed by atoms with Gasteiger partial charge in [0.05, 0.1) is 18.1 Å². The monoisotopic (exact) mass is 227 g/mol. The summed E-state index contributed by atoms with van der Waals surface area (Å²) in [5.74, 6) is 0.502.